The minimum atomic E-state index is 0.597. The summed E-state index contributed by atoms with van der Waals surface area (Å²) in [5.41, 5.74) is 0. The molecule has 1 atom stereocenters. The Kier molecular flexibility index (Phi) is 3.64. The highest BCUT2D eigenvalue weighted by molar-refractivity contribution is 4.97. The summed E-state index contributed by atoms with van der Waals surface area (Å²) in [6.07, 6.45) is 7.49. The van der Waals surface area contributed by atoms with Gasteiger partial charge in [-0.2, -0.15) is 0 Å². The van der Waals surface area contributed by atoms with E-state index in [-0.39, 0.29) is 0 Å². The van der Waals surface area contributed by atoms with E-state index in [0.29, 0.717) is 12.2 Å². The third kappa shape index (κ3) is 2.17. The van der Waals surface area contributed by atoms with Crippen LogP contribution in [0.2, 0.25) is 0 Å². The number of hydrogen-bond donors (Lipinski definition) is 0. The van der Waals surface area contributed by atoms with Crippen LogP contribution in [0.1, 0.15) is 40.5 Å². The highest BCUT2D eigenvalue weighted by Gasteiger charge is 2.25. The van der Waals surface area contributed by atoms with E-state index in [9.17, 15) is 0 Å². The van der Waals surface area contributed by atoms with Crippen molar-refractivity contribution in [3.8, 4) is 0 Å². The maximum Gasteiger partial charge on any atom is 0.101 e. The molecule has 0 aromatic rings. The highest BCUT2D eigenvalue weighted by atomic mass is 15.4. The smallest absolute Gasteiger partial charge is 0.101 e. The third-order valence-electron chi connectivity index (χ3n) is 2.60. The SMILES string of the molecule is CCCN1C=CN(C(C)C)C1CC. The second kappa shape index (κ2) is 4.54. The zero-order valence-corrected chi connectivity index (χ0v) is 9.33. The van der Waals surface area contributed by atoms with E-state index < -0.39 is 0 Å². The molecule has 0 aromatic heterocycles. The van der Waals surface area contributed by atoms with Gasteiger partial charge in [0, 0.05) is 25.0 Å². The van der Waals surface area contributed by atoms with E-state index >= 15 is 0 Å². The minimum absolute atomic E-state index is 0.597. The zero-order chi connectivity index (χ0) is 9.84. The lowest BCUT2D eigenvalue weighted by molar-refractivity contribution is 0.123. The van der Waals surface area contributed by atoms with Gasteiger partial charge in [0.25, 0.3) is 0 Å². The van der Waals surface area contributed by atoms with Crippen LogP contribution in [0.4, 0.5) is 0 Å². The summed E-state index contributed by atoms with van der Waals surface area (Å²) in [5.74, 6) is 0. The van der Waals surface area contributed by atoms with E-state index in [1.807, 2.05) is 0 Å². The van der Waals surface area contributed by atoms with Crippen molar-refractivity contribution >= 4 is 0 Å². The molecular formula is C11H22N2. The molecule has 1 aliphatic rings. The second-order valence-corrected chi connectivity index (χ2v) is 3.97. The first kappa shape index (κ1) is 10.4. The Morgan fingerprint density at radius 1 is 1.23 bits per heavy atom. The van der Waals surface area contributed by atoms with Crippen molar-refractivity contribution in [2.24, 2.45) is 0 Å². The van der Waals surface area contributed by atoms with Crippen molar-refractivity contribution in [2.45, 2.75) is 52.7 Å². The molecule has 76 valence electrons. The molecule has 0 spiro atoms. The van der Waals surface area contributed by atoms with Crippen LogP contribution in [-0.4, -0.2) is 28.6 Å². The summed E-state index contributed by atoms with van der Waals surface area (Å²) in [6.45, 7) is 10.2. The molecule has 1 unspecified atom stereocenters. The van der Waals surface area contributed by atoms with Gasteiger partial charge in [-0.1, -0.05) is 13.8 Å². The van der Waals surface area contributed by atoms with Gasteiger partial charge in [0.05, 0.1) is 0 Å². The number of hydrogen-bond acceptors (Lipinski definition) is 2. The lowest BCUT2D eigenvalue weighted by atomic mass is 10.2. The molecule has 1 aliphatic heterocycles. The van der Waals surface area contributed by atoms with Crippen LogP contribution in [0.15, 0.2) is 12.4 Å². The molecule has 2 nitrogen and oxygen atoms in total. The molecule has 0 saturated heterocycles. The second-order valence-electron chi connectivity index (χ2n) is 3.97. The maximum absolute atomic E-state index is 2.44. The summed E-state index contributed by atoms with van der Waals surface area (Å²) in [6, 6.07) is 0.614. The fourth-order valence-electron chi connectivity index (χ4n) is 1.98. The Bertz CT molecular complexity index is 175. The summed E-state index contributed by atoms with van der Waals surface area (Å²) in [5, 5.41) is 0. The first-order chi connectivity index (χ1) is 6.20. The monoisotopic (exact) mass is 182 g/mol. The van der Waals surface area contributed by atoms with Crippen LogP contribution in [0.25, 0.3) is 0 Å². The van der Waals surface area contributed by atoms with Crippen molar-refractivity contribution in [2.75, 3.05) is 6.54 Å². The van der Waals surface area contributed by atoms with E-state index in [1.54, 1.807) is 0 Å². The first-order valence-corrected chi connectivity index (χ1v) is 5.42. The topological polar surface area (TPSA) is 6.48 Å². The lowest BCUT2D eigenvalue weighted by Crippen LogP contribution is -2.41. The van der Waals surface area contributed by atoms with Crippen molar-refractivity contribution in [3.05, 3.63) is 12.4 Å². The van der Waals surface area contributed by atoms with E-state index in [4.69, 9.17) is 0 Å². The van der Waals surface area contributed by atoms with Gasteiger partial charge >= 0.3 is 0 Å². The van der Waals surface area contributed by atoms with Crippen LogP contribution in [-0.2, 0) is 0 Å². The van der Waals surface area contributed by atoms with Crippen LogP contribution in [0.3, 0.4) is 0 Å². The molecule has 0 radical (unpaired) electrons. The predicted molar refractivity (Wildman–Crippen MR) is 57.2 cm³/mol. The van der Waals surface area contributed by atoms with Gasteiger partial charge in [-0.25, -0.2) is 0 Å². The predicted octanol–water partition coefficient (Wildman–Crippen LogP) is 2.63. The van der Waals surface area contributed by atoms with Crippen LogP contribution in [0.5, 0.6) is 0 Å². The van der Waals surface area contributed by atoms with Crippen molar-refractivity contribution in [3.63, 3.8) is 0 Å². The van der Waals surface area contributed by atoms with Gasteiger partial charge in [-0.3, -0.25) is 0 Å². The molecule has 0 fully saturated rings. The van der Waals surface area contributed by atoms with Crippen LogP contribution >= 0.6 is 0 Å². The van der Waals surface area contributed by atoms with Gasteiger partial charge in [0.1, 0.15) is 6.17 Å². The summed E-state index contributed by atoms with van der Waals surface area (Å²) in [4.78, 5) is 4.88. The normalized spacial score (nSPS) is 22.1. The van der Waals surface area contributed by atoms with Crippen molar-refractivity contribution < 1.29 is 0 Å². The molecule has 0 aliphatic carbocycles. The van der Waals surface area contributed by atoms with Gasteiger partial charge in [-0.15, -0.1) is 0 Å². The Morgan fingerprint density at radius 2 is 1.92 bits per heavy atom. The van der Waals surface area contributed by atoms with E-state index in [1.165, 1.54) is 19.4 Å². The first-order valence-electron chi connectivity index (χ1n) is 5.42. The Labute approximate surface area is 82.2 Å². The van der Waals surface area contributed by atoms with Gasteiger partial charge in [0.15, 0.2) is 0 Å². The molecule has 2 heteroatoms. The molecule has 0 aromatic carbocycles. The molecule has 0 N–H and O–H groups in total. The minimum Gasteiger partial charge on any atom is -0.356 e. The van der Waals surface area contributed by atoms with Gasteiger partial charge < -0.3 is 9.80 Å². The number of nitrogens with zero attached hydrogens (tertiary/aromatic N) is 2. The summed E-state index contributed by atoms with van der Waals surface area (Å²) >= 11 is 0. The van der Waals surface area contributed by atoms with Crippen molar-refractivity contribution in [1.82, 2.24) is 9.80 Å². The lowest BCUT2D eigenvalue weighted by Gasteiger charge is -2.34. The molecule has 0 saturated carbocycles. The molecule has 1 rings (SSSR count). The maximum atomic E-state index is 2.44. The highest BCUT2D eigenvalue weighted by Crippen LogP contribution is 2.21. The Balaban J connectivity index is 2.58. The summed E-state index contributed by atoms with van der Waals surface area (Å²) in [7, 11) is 0. The molecule has 13 heavy (non-hydrogen) atoms. The fourth-order valence-corrected chi connectivity index (χ4v) is 1.98. The standard InChI is InChI=1S/C11H22N2/c1-5-7-12-8-9-13(10(3)4)11(12)6-2/h8-11H,5-7H2,1-4H3. The average molecular weight is 182 g/mol. The Morgan fingerprint density at radius 3 is 2.38 bits per heavy atom. The zero-order valence-electron chi connectivity index (χ0n) is 9.33. The quantitative estimate of drug-likeness (QED) is 0.659. The average Bonchev–Trinajstić information content (AvgIpc) is 2.48. The van der Waals surface area contributed by atoms with Crippen LogP contribution < -0.4 is 0 Å². The molecule has 0 amide bonds. The third-order valence-corrected chi connectivity index (χ3v) is 2.60. The Hall–Kier alpha value is -0.660. The van der Waals surface area contributed by atoms with Crippen LogP contribution in [0, 0.1) is 0 Å². The van der Waals surface area contributed by atoms with Gasteiger partial charge in [0.2, 0.25) is 0 Å². The van der Waals surface area contributed by atoms with Gasteiger partial charge in [-0.05, 0) is 26.7 Å². The van der Waals surface area contributed by atoms with E-state index in [0.717, 1.165) is 0 Å². The molecular weight excluding hydrogens is 160 g/mol. The fraction of sp³-hybridized carbons (Fsp3) is 0.818. The van der Waals surface area contributed by atoms with E-state index in [2.05, 4.69) is 49.9 Å². The molecule has 0 bridgehead atoms. The largest absolute Gasteiger partial charge is 0.356 e. The number of rotatable bonds is 4. The molecule has 1 heterocycles. The van der Waals surface area contributed by atoms with Crippen molar-refractivity contribution in [1.29, 1.82) is 0 Å². The summed E-state index contributed by atoms with van der Waals surface area (Å²) < 4.78 is 0.